The summed E-state index contributed by atoms with van der Waals surface area (Å²) in [4.78, 5) is 14.4. The molecule has 3 fully saturated rings. The highest BCUT2D eigenvalue weighted by Gasteiger charge is 2.32. The smallest absolute Gasteiger partial charge is 0.222 e. The molecule has 0 unspecified atom stereocenters. The first-order valence-electron chi connectivity index (χ1n) is 8.34. The van der Waals surface area contributed by atoms with Crippen LogP contribution in [-0.2, 0) is 14.3 Å². The second kappa shape index (κ2) is 6.90. The van der Waals surface area contributed by atoms with Crippen molar-refractivity contribution >= 4 is 5.91 Å². The van der Waals surface area contributed by atoms with Crippen molar-refractivity contribution in [1.29, 1.82) is 0 Å². The number of rotatable bonds is 3. The highest BCUT2D eigenvalue weighted by atomic mass is 16.7. The second-order valence-corrected chi connectivity index (χ2v) is 6.54. The zero-order valence-corrected chi connectivity index (χ0v) is 12.4. The Hall–Kier alpha value is -0.610. The molecule has 114 valence electrons. The van der Waals surface area contributed by atoms with Gasteiger partial charge in [-0.25, -0.2) is 0 Å². The molecule has 1 aliphatic carbocycles. The second-order valence-electron chi connectivity index (χ2n) is 6.54. The monoisotopic (exact) mass is 281 g/mol. The first kappa shape index (κ1) is 14.3. The van der Waals surface area contributed by atoms with Crippen LogP contribution in [0.15, 0.2) is 0 Å². The summed E-state index contributed by atoms with van der Waals surface area (Å²) in [5.74, 6) is 1.51. The van der Waals surface area contributed by atoms with Gasteiger partial charge in [-0.1, -0.05) is 19.3 Å². The number of nitrogens with zero attached hydrogens (tertiary/aromatic N) is 1. The van der Waals surface area contributed by atoms with Crippen LogP contribution >= 0.6 is 0 Å². The van der Waals surface area contributed by atoms with Crippen molar-refractivity contribution in [3.63, 3.8) is 0 Å². The van der Waals surface area contributed by atoms with Gasteiger partial charge in [0.1, 0.15) is 0 Å². The van der Waals surface area contributed by atoms with Gasteiger partial charge in [0.15, 0.2) is 6.29 Å². The van der Waals surface area contributed by atoms with Crippen molar-refractivity contribution in [1.82, 2.24) is 4.90 Å². The van der Waals surface area contributed by atoms with Gasteiger partial charge in [-0.15, -0.1) is 0 Å². The Kier molecular flexibility index (Phi) is 4.94. The van der Waals surface area contributed by atoms with Gasteiger partial charge in [0.05, 0.1) is 13.2 Å². The average molecular weight is 281 g/mol. The van der Waals surface area contributed by atoms with Crippen LogP contribution in [0.4, 0.5) is 0 Å². The lowest BCUT2D eigenvalue weighted by Crippen LogP contribution is -2.42. The van der Waals surface area contributed by atoms with Crippen molar-refractivity contribution < 1.29 is 14.3 Å². The molecule has 4 heteroatoms. The number of piperidine rings is 1. The molecule has 20 heavy (non-hydrogen) atoms. The molecule has 2 aliphatic heterocycles. The normalized spacial score (nSPS) is 27.1. The molecule has 0 spiro atoms. The van der Waals surface area contributed by atoms with E-state index in [-0.39, 0.29) is 6.29 Å². The predicted octanol–water partition coefficient (Wildman–Crippen LogP) is 2.57. The number of hydrogen-bond acceptors (Lipinski definition) is 3. The van der Waals surface area contributed by atoms with E-state index in [1.165, 1.54) is 32.1 Å². The number of ether oxygens (including phenoxy) is 2. The molecule has 0 N–H and O–H groups in total. The molecule has 4 nitrogen and oxygen atoms in total. The summed E-state index contributed by atoms with van der Waals surface area (Å²) < 4.78 is 11.2. The Morgan fingerprint density at radius 2 is 1.60 bits per heavy atom. The molecule has 0 atom stereocenters. The summed E-state index contributed by atoms with van der Waals surface area (Å²) in [7, 11) is 0. The molecule has 3 aliphatic rings. The minimum Gasteiger partial charge on any atom is -0.350 e. The number of amides is 1. The fourth-order valence-electron chi connectivity index (χ4n) is 3.84. The third-order valence-corrected chi connectivity index (χ3v) is 5.11. The minimum absolute atomic E-state index is 0.00871. The van der Waals surface area contributed by atoms with E-state index in [2.05, 4.69) is 4.90 Å². The topological polar surface area (TPSA) is 38.8 Å². The van der Waals surface area contributed by atoms with Crippen LogP contribution in [-0.4, -0.2) is 43.4 Å². The van der Waals surface area contributed by atoms with Crippen LogP contribution in [0.25, 0.3) is 0 Å². The molecule has 2 saturated heterocycles. The van der Waals surface area contributed by atoms with Gasteiger partial charge in [-0.05, 0) is 31.6 Å². The van der Waals surface area contributed by atoms with E-state index in [0.717, 1.165) is 45.6 Å². The maximum absolute atomic E-state index is 12.4. The predicted molar refractivity (Wildman–Crippen MR) is 76.2 cm³/mol. The van der Waals surface area contributed by atoms with Gasteiger partial charge >= 0.3 is 0 Å². The first-order chi connectivity index (χ1) is 9.83. The average Bonchev–Trinajstić information content (AvgIpc) is 3.03. The van der Waals surface area contributed by atoms with Crippen molar-refractivity contribution in [2.45, 2.75) is 57.7 Å². The van der Waals surface area contributed by atoms with Gasteiger partial charge in [0.2, 0.25) is 5.91 Å². The quantitative estimate of drug-likeness (QED) is 0.798. The number of hydrogen-bond donors (Lipinski definition) is 0. The molecular formula is C16H27NO3. The molecular weight excluding hydrogens is 254 g/mol. The van der Waals surface area contributed by atoms with Gasteiger partial charge < -0.3 is 14.4 Å². The SMILES string of the molecule is O=C(CC1CCCCC1)N1CCC(C2OCCO2)CC1. The Morgan fingerprint density at radius 3 is 2.25 bits per heavy atom. The number of carbonyl (C=O) groups excluding carboxylic acids is 1. The van der Waals surface area contributed by atoms with Gasteiger partial charge in [0, 0.05) is 25.4 Å². The zero-order chi connectivity index (χ0) is 13.8. The van der Waals surface area contributed by atoms with Crippen LogP contribution < -0.4 is 0 Å². The van der Waals surface area contributed by atoms with Crippen LogP contribution in [0.3, 0.4) is 0 Å². The largest absolute Gasteiger partial charge is 0.350 e. The van der Waals surface area contributed by atoms with E-state index in [0.29, 0.717) is 17.7 Å². The lowest BCUT2D eigenvalue weighted by molar-refractivity contribution is -0.138. The Labute approximate surface area is 121 Å². The maximum Gasteiger partial charge on any atom is 0.222 e. The lowest BCUT2D eigenvalue weighted by Gasteiger charge is -2.35. The lowest BCUT2D eigenvalue weighted by atomic mass is 9.86. The van der Waals surface area contributed by atoms with Crippen LogP contribution in [0.2, 0.25) is 0 Å². The standard InChI is InChI=1S/C16H27NO3/c18-15(12-13-4-2-1-3-5-13)17-8-6-14(7-9-17)16-19-10-11-20-16/h13-14,16H,1-12H2. The van der Waals surface area contributed by atoms with E-state index in [1.54, 1.807) is 0 Å². The third kappa shape index (κ3) is 3.53. The fraction of sp³-hybridized carbons (Fsp3) is 0.938. The van der Waals surface area contributed by atoms with Crippen LogP contribution in [0, 0.1) is 11.8 Å². The maximum atomic E-state index is 12.4. The molecule has 1 amide bonds. The van der Waals surface area contributed by atoms with Crippen molar-refractivity contribution in [2.24, 2.45) is 11.8 Å². The van der Waals surface area contributed by atoms with Crippen LogP contribution in [0.1, 0.15) is 51.4 Å². The van der Waals surface area contributed by atoms with Gasteiger partial charge in [-0.3, -0.25) is 4.79 Å². The highest BCUT2D eigenvalue weighted by Crippen LogP contribution is 2.29. The Bertz CT molecular complexity index is 314. The molecule has 0 aromatic rings. The van der Waals surface area contributed by atoms with Gasteiger partial charge in [0.25, 0.3) is 0 Å². The zero-order valence-electron chi connectivity index (χ0n) is 12.4. The van der Waals surface area contributed by atoms with Gasteiger partial charge in [-0.2, -0.15) is 0 Å². The molecule has 0 bridgehead atoms. The number of carbonyl (C=O) groups is 1. The first-order valence-corrected chi connectivity index (χ1v) is 8.34. The van der Waals surface area contributed by atoms with E-state index >= 15 is 0 Å². The Morgan fingerprint density at radius 1 is 0.950 bits per heavy atom. The van der Waals surface area contributed by atoms with Crippen molar-refractivity contribution in [2.75, 3.05) is 26.3 Å². The highest BCUT2D eigenvalue weighted by molar-refractivity contribution is 5.76. The minimum atomic E-state index is -0.00871. The summed E-state index contributed by atoms with van der Waals surface area (Å²) in [6.07, 6.45) is 9.33. The fourth-order valence-corrected chi connectivity index (χ4v) is 3.84. The van der Waals surface area contributed by atoms with Crippen molar-refractivity contribution in [3.05, 3.63) is 0 Å². The summed E-state index contributed by atoms with van der Waals surface area (Å²) in [6, 6.07) is 0. The molecule has 0 aromatic heterocycles. The van der Waals surface area contributed by atoms with Crippen molar-refractivity contribution in [3.8, 4) is 0 Å². The molecule has 2 heterocycles. The summed E-state index contributed by atoms with van der Waals surface area (Å²) in [6.45, 7) is 3.23. The molecule has 0 aromatic carbocycles. The molecule has 0 radical (unpaired) electrons. The summed E-state index contributed by atoms with van der Waals surface area (Å²) >= 11 is 0. The van der Waals surface area contributed by atoms with Crippen LogP contribution in [0.5, 0.6) is 0 Å². The van der Waals surface area contributed by atoms with E-state index < -0.39 is 0 Å². The van der Waals surface area contributed by atoms with E-state index in [1.807, 2.05) is 0 Å². The third-order valence-electron chi connectivity index (χ3n) is 5.11. The molecule has 1 saturated carbocycles. The van der Waals surface area contributed by atoms with E-state index in [9.17, 15) is 4.79 Å². The summed E-state index contributed by atoms with van der Waals surface area (Å²) in [5.41, 5.74) is 0. The number of likely N-dealkylation sites (tertiary alicyclic amines) is 1. The van der Waals surface area contributed by atoms with E-state index in [4.69, 9.17) is 9.47 Å². The Balaban J connectivity index is 1.41. The molecule has 3 rings (SSSR count). The summed E-state index contributed by atoms with van der Waals surface area (Å²) in [5, 5.41) is 0.